The molecule has 0 saturated carbocycles. The summed E-state index contributed by atoms with van der Waals surface area (Å²) in [5, 5.41) is 9.51. The van der Waals surface area contributed by atoms with Gasteiger partial charge in [0.05, 0.1) is 37.4 Å². The third kappa shape index (κ3) is 5.94. The molecular weight excluding hydrogens is 530 g/mol. The van der Waals surface area contributed by atoms with Gasteiger partial charge >= 0.3 is 6.01 Å². The Morgan fingerprint density at radius 1 is 1.19 bits per heavy atom. The standard InChI is InChI=1S/C32H41N7O3/c1-3-30(40)39-13-12-37(22-26(39)8-10-33)31-27-7-6-25(38-11-9-24-5-4-23(2)20-29(24)38)21-28(27)34-32(35-31)42-19-16-36-14-17-41-18-15-36/h3-5,20,25-26H,1,6-9,11-19,21-22H2,2H3/t25?,26-/m0/s1. The molecule has 42 heavy (non-hydrogen) atoms. The first-order valence-electron chi connectivity index (χ1n) is 15.3. The van der Waals surface area contributed by atoms with Crippen molar-refractivity contribution in [2.45, 2.75) is 51.1 Å². The van der Waals surface area contributed by atoms with Crippen LogP contribution in [-0.2, 0) is 28.8 Å². The molecule has 10 heteroatoms. The number of nitriles is 1. The van der Waals surface area contributed by atoms with E-state index < -0.39 is 0 Å². The predicted octanol–water partition coefficient (Wildman–Crippen LogP) is 2.53. The number of carbonyl (C=O) groups is 1. The molecule has 1 unspecified atom stereocenters. The molecule has 222 valence electrons. The molecule has 1 aromatic heterocycles. The van der Waals surface area contributed by atoms with Crippen LogP contribution in [0.25, 0.3) is 0 Å². The Morgan fingerprint density at radius 2 is 2.05 bits per heavy atom. The molecule has 0 radical (unpaired) electrons. The average Bonchev–Trinajstić information content (AvgIpc) is 3.44. The molecule has 10 nitrogen and oxygen atoms in total. The molecule has 0 spiro atoms. The summed E-state index contributed by atoms with van der Waals surface area (Å²) in [6.07, 6.45) is 5.44. The number of hydrogen-bond acceptors (Lipinski definition) is 9. The van der Waals surface area contributed by atoms with E-state index in [9.17, 15) is 10.1 Å². The van der Waals surface area contributed by atoms with Gasteiger partial charge in [-0.2, -0.15) is 15.2 Å². The highest BCUT2D eigenvalue weighted by Gasteiger charge is 2.35. The lowest BCUT2D eigenvalue weighted by Crippen LogP contribution is -2.55. The van der Waals surface area contributed by atoms with Crippen LogP contribution in [0.3, 0.4) is 0 Å². The van der Waals surface area contributed by atoms with Crippen molar-refractivity contribution in [2.24, 2.45) is 0 Å². The van der Waals surface area contributed by atoms with E-state index >= 15 is 0 Å². The summed E-state index contributed by atoms with van der Waals surface area (Å²) < 4.78 is 11.7. The van der Waals surface area contributed by atoms with Crippen LogP contribution < -0.4 is 14.5 Å². The lowest BCUT2D eigenvalue weighted by molar-refractivity contribution is -0.128. The fourth-order valence-electron chi connectivity index (χ4n) is 6.87. The number of nitrogens with zero attached hydrogens (tertiary/aromatic N) is 7. The van der Waals surface area contributed by atoms with E-state index in [1.807, 2.05) is 0 Å². The van der Waals surface area contributed by atoms with Crippen molar-refractivity contribution in [1.29, 1.82) is 5.26 Å². The normalized spacial score (nSPS) is 22.3. The molecule has 2 saturated heterocycles. The second-order valence-corrected chi connectivity index (χ2v) is 11.7. The number of hydrogen-bond donors (Lipinski definition) is 0. The summed E-state index contributed by atoms with van der Waals surface area (Å²) in [7, 11) is 0. The molecule has 1 aliphatic carbocycles. The van der Waals surface area contributed by atoms with Crippen LogP contribution in [0.5, 0.6) is 6.01 Å². The van der Waals surface area contributed by atoms with E-state index in [0.29, 0.717) is 38.3 Å². The smallest absolute Gasteiger partial charge is 0.318 e. The van der Waals surface area contributed by atoms with E-state index in [-0.39, 0.29) is 18.4 Å². The number of benzene rings is 1. The van der Waals surface area contributed by atoms with Crippen LogP contribution in [0, 0.1) is 18.3 Å². The van der Waals surface area contributed by atoms with Crippen molar-refractivity contribution < 1.29 is 14.3 Å². The number of anilines is 2. The highest BCUT2D eigenvalue weighted by molar-refractivity contribution is 5.87. The Balaban J connectivity index is 1.26. The number of amides is 1. The highest BCUT2D eigenvalue weighted by Crippen LogP contribution is 2.37. The fourth-order valence-corrected chi connectivity index (χ4v) is 6.87. The fraction of sp³-hybridized carbons (Fsp3) is 0.562. The summed E-state index contributed by atoms with van der Waals surface area (Å²) in [4.78, 5) is 31.4. The van der Waals surface area contributed by atoms with Crippen molar-refractivity contribution in [1.82, 2.24) is 19.8 Å². The van der Waals surface area contributed by atoms with Gasteiger partial charge in [0, 0.05) is 69.5 Å². The summed E-state index contributed by atoms with van der Waals surface area (Å²) in [5.74, 6) is 0.766. The Hall–Kier alpha value is -3.68. The summed E-state index contributed by atoms with van der Waals surface area (Å²) in [6, 6.07) is 9.64. The first-order chi connectivity index (χ1) is 20.5. The summed E-state index contributed by atoms with van der Waals surface area (Å²) in [6.45, 7) is 13.2. The van der Waals surface area contributed by atoms with Crippen molar-refractivity contribution in [2.75, 3.05) is 75.4 Å². The van der Waals surface area contributed by atoms with Gasteiger partial charge in [-0.1, -0.05) is 18.7 Å². The maximum Gasteiger partial charge on any atom is 0.318 e. The molecular formula is C32H41N7O3. The van der Waals surface area contributed by atoms with E-state index in [1.165, 1.54) is 28.5 Å². The zero-order valence-electron chi connectivity index (χ0n) is 24.6. The number of morpholine rings is 1. The molecule has 2 aromatic rings. The molecule has 3 aliphatic heterocycles. The van der Waals surface area contributed by atoms with Crippen molar-refractivity contribution in [3.8, 4) is 12.1 Å². The summed E-state index contributed by atoms with van der Waals surface area (Å²) in [5.41, 5.74) is 6.31. The minimum Gasteiger partial charge on any atom is -0.462 e. The molecule has 4 aliphatic rings. The first-order valence-corrected chi connectivity index (χ1v) is 15.3. The maximum atomic E-state index is 12.5. The number of ether oxygens (including phenoxy) is 2. The number of piperazine rings is 1. The van der Waals surface area contributed by atoms with E-state index in [0.717, 1.165) is 76.6 Å². The van der Waals surface area contributed by atoms with Crippen molar-refractivity contribution in [3.63, 3.8) is 0 Å². The van der Waals surface area contributed by atoms with Gasteiger partial charge in [0.25, 0.3) is 0 Å². The average molecular weight is 572 g/mol. The Morgan fingerprint density at radius 3 is 2.86 bits per heavy atom. The molecule has 4 heterocycles. The van der Waals surface area contributed by atoms with E-state index in [2.05, 4.69) is 52.5 Å². The number of carbonyl (C=O) groups excluding carboxylic acids is 1. The lowest BCUT2D eigenvalue weighted by Gasteiger charge is -2.42. The molecule has 2 fully saturated rings. The van der Waals surface area contributed by atoms with Crippen LogP contribution in [0.15, 0.2) is 30.9 Å². The summed E-state index contributed by atoms with van der Waals surface area (Å²) >= 11 is 0. The maximum absolute atomic E-state index is 12.5. The Bertz CT molecular complexity index is 1350. The predicted molar refractivity (Wildman–Crippen MR) is 161 cm³/mol. The lowest BCUT2D eigenvalue weighted by atomic mass is 9.90. The largest absolute Gasteiger partial charge is 0.462 e. The van der Waals surface area contributed by atoms with Gasteiger partial charge in [-0.25, -0.2) is 0 Å². The molecule has 6 rings (SSSR count). The highest BCUT2D eigenvalue weighted by atomic mass is 16.5. The number of fused-ring (bicyclic) bond motifs is 2. The van der Waals surface area contributed by atoms with E-state index in [1.54, 1.807) is 4.90 Å². The van der Waals surface area contributed by atoms with Gasteiger partial charge < -0.3 is 24.2 Å². The molecule has 0 bridgehead atoms. The van der Waals surface area contributed by atoms with Gasteiger partial charge in [0.15, 0.2) is 0 Å². The second kappa shape index (κ2) is 12.7. The number of rotatable bonds is 8. The van der Waals surface area contributed by atoms with Crippen LogP contribution in [0.2, 0.25) is 0 Å². The van der Waals surface area contributed by atoms with Gasteiger partial charge in [-0.3, -0.25) is 9.69 Å². The van der Waals surface area contributed by atoms with E-state index in [4.69, 9.17) is 19.4 Å². The Labute approximate surface area is 248 Å². The molecule has 1 aromatic carbocycles. The molecule has 0 N–H and O–H groups in total. The molecule has 1 amide bonds. The second-order valence-electron chi connectivity index (χ2n) is 11.7. The Kier molecular flexibility index (Phi) is 8.58. The van der Waals surface area contributed by atoms with Crippen LogP contribution >= 0.6 is 0 Å². The van der Waals surface area contributed by atoms with Crippen LogP contribution in [0.4, 0.5) is 11.5 Å². The topological polar surface area (TPSA) is 98.1 Å². The monoisotopic (exact) mass is 571 g/mol. The van der Waals surface area contributed by atoms with Gasteiger partial charge in [-0.05, 0) is 49.5 Å². The van der Waals surface area contributed by atoms with Crippen molar-refractivity contribution in [3.05, 3.63) is 53.2 Å². The minimum atomic E-state index is -0.216. The number of aryl methyl sites for hydroxylation is 1. The first kappa shape index (κ1) is 28.4. The van der Waals surface area contributed by atoms with Crippen LogP contribution in [-0.4, -0.2) is 103 Å². The zero-order chi connectivity index (χ0) is 29.1. The zero-order valence-corrected chi connectivity index (χ0v) is 24.6. The SMILES string of the molecule is C=CC(=O)N1CCN(c2nc(OCCN3CCOCC3)nc3c2CCC(N2CCc4ccc(C)cc42)C3)C[C@@H]1CC#N. The van der Waals surface area contributed by atoms with Crippen molar-refractivity contribution >= 4 is 17.4 Å². The van der Waals surface area contributed by atoms with Gasteiger partial charge in [0.1, 0.15) is 12.4 Å². The third-order valence-corrected chi connectivity index (χ3v) is 9.13. The van der Waals surface area contributed by atoms with Gasteiger partial charge in [-0.15, -0.1) is 0 Å². The van der Waals surface area contributed by atoms with Crippen LogP contribution in [0.1, 0.15) is 35.2 Å². The third-order valence-electron chi connectivity index (χ3n) is 9.13. The minimum absolute atomic E-state index is 0.129. The number of aromatic nitrogens is 2. The quantitative estimate of drug-likeness (QED) is 0.443. The van der Waals surface area contributed by atoms with Gasteiger partial charge in [0.2, 0.25) is 5.91 Å². The molecule has 2 atom stereocenters.